The van der Waals surface area contributed by atoms with Crippen LogP contribution < -0.4 is 5.32 Å². The summed E-state index contributed by atoms with van der Waals surface area (Å²) in [7, 11) is 0. The molecule has 0 aliphatic heterocycles. The minimum absolute atomic E-state index is 0.0805. The van der Waals surface area contributed by atoms with Gasteiger partial charge in [0.1, 0.15) is 0 Å². The van der Waals surface area contributed by atoms with E-state index in [0.29, 0.717) is 25.2 Å². The molecule has 1 amide bonds. The van der Waals surface area contributed by atoms with Gasteiger partial charge in [0.25, 0.3) is 5.91 Å². The maximum absolute atomic E-state index is 11.9. The maximum atomic E-state index is 11.9. The molecule has 6 nitrogen and oxygen atoms in total. The number of aliphatic carboxylic acids is 1. The second-order valence-electron chi connectivity index (χ2n) is 5.41. The fourth-order valence-corrected chi connectivity index (χ4v) is 2.56. The zero-order valence-electron chi connectivity index (χ0n) is 10.5. The van der Waals surface area contributed by atoms with Crippen molar-refractivity contribution < 1.29 is 19.2 Å². The molecule has 2 saturated carbocycles. The topological polar surface area (TPSA) is 92.4 Å². The van der Waals surface area contributed by atoms with Gasteiger partial charge < -0.3 is 14.9 Å². The summed E-state index contributed by atoms with van der Waals surface area (Å²) >= 11 is 0. The third-order valence-corrected chi connectivity index (χ3v) is 3.86. The molecule has 1 aromatic rings. The zero-order chi connectivity index (χ0) is 13.4. The fourth-order valence-electron chi connectivity index (χ4n) is 2.56. The lowest BCUT2D eigenvalue weighted by molar-refractivity contribution is -0.141. The van der Waals surface area contributed by atoms with E-state index < -0.39 is 5.97 Å². The standard InChI is InChI=1S/C13H16N2O4/c16-12(11-6-10(15-19-11)7-1-2-7)14-9-4-3-8(5-9)13(17)18/h6-9H,1-5H2,(H,14,16)(H,17,18)/t8-,9+/m0/s1. The lowest BCUT2D eigenvalue weighted by Crippen LogP contribution is -2.33. The molecule has 0 saturated heterocycles. The number of carbonyl (C=O) groups is 2. The number of hydrogen-bond donors (Lipinski definition) is 2. The number of aromatic nitrogens is 1. The van der Waals surface area contributed by atoms with E-state index >= 15 is 0 Å². The van der Waals surface area contributed by atoms with E-state index in [1.807, 2.05) is 0 Å². The summed E-state index contributed by atoms with van der Waals surface area (Å²) in [5.74, 6) is -0.751. The van der Waals surface area contributed by atoms with Crippen molar-refractivity contribution in [2.75, 3.05) is 0 Å². The van der Waals surface area contributed by atoms with Crippen LogP contribution in [0.25, 0.3) is 0 Å². The average Bonchev–Trinajstić information content (AvgIpc) is 2.92. The van der Waals surface area contributed by atoms with Gasteiger partial charge in [0.05, 0.1) is 11.6 Å². The Bertz CT molecular complexity index is 506. The van der Waals surface area contributed by atoms with Crippen LogP contribution in [0.15, 0.2) is 10.6 Å². The van der Waals surface area contributed by atoms with Crippen LogP contribution in [-0.4, -0.2) is 28.2 Å². The molecule has 102 valence electrons. The summed E-state index contributed by atoms with van der Waals surface area (Å²) < 4.78 is 5.03. The molecule has 19 heavy (non-hydrogen) atoms. The Morgan fingerprint density at radius 3 is 2.74 bits per heavy atom. The summed E-state index contributed by atoms with van der Waals surface area (Å²) in [5.41, 5.74) is 0.847. The Balaban J connectivity index is 1.57. The van der Waals surface area contributed by atoms with Gasteiger partial charge in [-0.1, -0.05) is 5.16 Å². The minimum Gasteiger partial charge on any atom is -0.481 e. The summed E-state index contributed by atoms with van der Waals surface area (Å²) in [6, 6.07) is 1.61. The van der Waals surface area contributed by atoms with Crippen LogP contribution in [-0.2, 0) is 4.79 Å². The molecule has 2 N–H and O–H groups in total. The van der Waals surface area contributed by atoms with Gasteiger partial charge >= 0.3 is 5.97 Å². The van der Waals surface area contributed by atoms with Crippen LogP contribution in [0, 0.1) is 5.92 Å². The van der Waals surface area contributed by atoms with Crippen LogP contribution in [0.5, 0.6) is 0 Å². The number of rotatable bonds is 4. The van der Waals surface area contributed by atoms with Gasteiger partial charge in [-0.25, -0.2) is 0 Å². The van der Waals surface area contributed by atoms with E-state index in [2.05, 4.69) is 10.5 Å². The molecule has 0 spiro atoms. The Kier molecular flexibility index (Phi) is 3.00. The molecule has 2 aliphatic carbocycles. The lowest BCUT2D eigenvalue weighted by Gasteiger charge is -2.10. The lowest BCUT2D eigenvalue weighted by atomic mass is 10.1. The smallest absolute Gasteiger partial charge is 0.306 e. The SMILES string of the molecule is O=C(N[C@@H]1CC[C@H](C(=O)O)C1)c1cc(C2CC2)no1. The van der Waals surface area contributed by atoms with Gasteiger partial charge in [-0.2, -0.15) is 0 Å². The highest BCUT2D eigenvalue weighted by molar-refractivity contribution is 5.91. The fraction of sp³-hybridized carbons (Fsp3) is 0.615. The first-order chi connectivity index (χ1) is 9.13. The van der Waals surface area contributed by atoms with Gasteiger partial charge in [0.2, 0.25) is 5.76 Å². The number of hydrogen-bond acceptors (Lipinski definition) is 4. The molecule has 0 radical (unpaired) electrons. The number of carbonyl (C=O) groups excluding carboxylic acids is 1. The third-order valence-electron chi connectivity index (χ3n) is 3.86. The Morgan fingerprint density at radius 2 is 2.11 bits per heavy atom. The van der Waals surface area contributed by atoms with Crippen molar-refractivity contribution in [3.63, 3.8) is 0 Å². The largest absolute Gasteiger partial charge is 0.481 e. The van der Waals surface area contributed by atoms with Gasteiger partial charge in [-0.3, -0.25) is 9.59 Å². The first-order valence-corrected chi connectivity index (χ1v) is 6.64. The van der Waals surface area contributed by atoms with Crippen molar-refractivity contribution >= 4 is 11.9 Å². The van der Waals surface area contributed by atoms with Crippen LogP contribution in [0.4, 0.5) is 0 Å². The van der Waals surface area contributed by atoms with Crippen molar-refractivity contribution in [3.05, 3.63) is 17.5 Å². The molecule has 2 aliphatic rings. The van der Waals surface area contributed by atoms with Crippen molar-refractivity contribution in [2.45, 2.75) is 44.1 Å². The highest BCUT2D eigenvalue weighted by Crippen LogP contribution is 2.39. The molecule has 0 bridgehead atoms. The van der Waals surface area contributed by atoms with E-state index in [4.69, 9.17) is 9.63 Å². The highest BCUT2D eigenvalue weighted by atomic mass is 16.5. The number of nitrogens with one attached hydrogen (secondary N) is 1. The van der Waals surface area contributed by atoms with Gasteiger partial charge in [-0.05, 0) is 32.1 Å². The van der Waals surface area contributed by atoms with Crippen LogP contribution >= 0.6 is 0 Å². The van der Waals surface area contributed by atoms with Gasteiger partial charge in [0.15, 0.2) is 0 Å². The molecular weight excluding hydrogens is 248 g/mol. The monoisotopic (exact) mass is 264 g/mol. The molecule has 0 unspecified atom stereocenters. The molecule has 2 fully saturated rings. The molecule has 0 aromatic carbocycles. The first kappa shape index (κ1) is 12.2. The summed E-state index contributed by atoms with van der Waals surface area (Å²) in [6.07, 6.45) is 4.02. The molecule has 2 atom stereocenters. The Hall–Kier alpha value is -1.85. The summed E-state index contributed by atoms with van der Waals surface area (Å²) in [5, 5.41) is 15.6. The van der Waals surface area contributed by atoms with Gasteiger partial charge in [0, 0.05) is 18.0 Å². The second kappa shape index (κ2) is 4.68. The van der Waals surface area contributed by atoms with E-state index in [1.165, 1.54) is 0 Å². The number of carboxylic acids is 1. The maximum Gasteiger partial charge on any atom is 0.306 e. The zero-order valence-corrected chi connectivity index (χ0v) is 10.5. The minimum atomic E-state index is -0.785. The van der Waals surface area contributed by atoms with Crippen molar-refractivity contribution in [1.29, 1.82) is 0 Å². The van der Waals surface area contributed by atoms with E-state index in [9.17, 15) is 9.59 Å². The predicted molar refractivity (Wildman–Crippen MR) is 64.7 cm³/mol. The van der Waals surface area contributed by atoms with E-state index in [0.717, 1.165) is 18.5 Å². The first-order valence-electron chi connectivity index (χ1n) is 6.64. The van der Waals surface area contributed by atoms with Crippen molar-refractivity contribution in [2.24, 2.45) is 5.92 Å². The molecule has 1 aromatic heterocycles. The Morgan fingerprint density at radius 1 is 1.32 bits per heavy atom. The molecule has 3 rings (SSSR count). The summed E-state index contributed by atoms with van der Waals surface area (Å²) in [6.45, 7) is 0. The Labute approximate surface area is 110 Å². The van der Waals surface area contributed by atoms with Crippen molar-refractivity contribution in [1.82, 2.24) is 10.5 Å². The van der Waals surface area contributed by atoms with Crippen molar-refractivity contribution in [3.8, 4) is 0 Å². The molecular formula is C13H16N2O4. The average molecular weight is 264 g/mol. The molecule has 6 heteroatoms. The quantitative estimate of drug-likeness (QED) is 0.860. The second-order valence-corrected chi connectivity index (χ2v) is 5.41. The van der Waals surface area contributed by atoms with Gasteiger partial charge in [-0.15, -0.1) is 0 Å². The molecule has 1 heterocycles. The van der Waals surface area contributed by atoms with E-state index in [1.54, 1.807) is 6.07 Å². The summed E-state index contributed by atoms with van der Waals surface area (Å²) in [4.78, 5) is 22.8. The normalized spacial score (nSPS) is 26.3. The van der Waals surface area contributed by atoms with Crippen LogP contribution in [0.1, 0.15) is 54.3 Å². The van der Waals surface area contributed by atoms with E-state index in [-0.39, 0.29) is 23.6 Å². The predicted octanol–water partition coefficient (Wildman–Crippen LogP) is 1.54. The number of amides is 1. The number of carboxylic acid groups (broad SMARTS) is 1. The van der Waals surface area contributed by atoms with Crippen LogP contribution in [0.2, 0.25) is 0 Å². The third kappa shape index (κ3) is 2.62. The highest BCUT2D eigenvalue weighted by Gasteiger charge is 2.32. The van der Waals surface area contributed by atoms with Crippen LogP contribution in [0.3, 0.4) is 0 Å². The number of nitrogens with zero attached hydrogens (tertiary/aromatic N) is 1.